The Balaban J connectivity index is 0.000000304. The third-order valence-corrected chi connectivity index (χ3v) is 5.08. The van der Waals surface area contributed by atoms with Gasteiger partial charge in [0.1, 0.15) is 11.9 Å². The average Bonchev–Trinajstić information content (AvgIpc) is 2.58. The maximum atomic E-state index is 8.87. The second-order valence-corrected chi connectivity index (χ2v) is 6.82. The lowest BCUT2D eigenvalue weighted by Gasteiger charge is -2.25. The molecule has 0 bridgehead atoms. The molecular formula is C17H27Cl3N2O2. The first-order chi connectivity index (χ1) is 11.1. The molecule has 0 radical (unpaired) electrons. The Hall–Kier alpha value is -0.230. The summed E-state index contributed by atoms with van der Waals surface area (Å²) in [5, 5.41) is 16.5. The summed E-state index contributed by atoms with van der Waals surface area (Å²) in [6.07, 6.45) is 4.21. The summed E-state index contributed by atoms with van der Waals surface area (Å²) < 4.78 is 5.94. The second kappa shape index (κ2) is 11.4. The van der Waals surface area contributed by atoms with Crippen LogP contribution in [0.5, 0.6) is 5.75 Å². The van der Waals surface area contributed by atoms with Gasteiger partial charge >= 0.3 is 0 Å². The Labute approximate surface area is 160 Å². The van der Waals surface area contributed by atoms with E-state index in [0.29, 0.717) is 10.0 Å². The Morgan fingerprint density at radius 1 is 1.00 bits per heavy atom. The summed E-state index contributed by atoms with van der Waals surface area (Å²) in [7, 11) is 0. The van der Waals surface area contributed by atoms with E-state index in [1.165, 1.54) is 0 Å². The van der Waals surface area contributed by atoms with E-state index in [0.717, 1.165) is 63.2 Å². The third kappa shape index (κ3) is 6.95. The minimum Gasteiger partial charge on any atom is -0.490 e. The van der Waals surface area contributed by atoms with Crippen molar-refractivity contribution < 1.29 is 9.84 Å². The van der Waals surface area contributed by atoms with Gasteiger partial charge in [-0.2, -0.15) is 0 Å². The van der Waals surface area contributed by atoms with Crippen LogP contribution in [0.1, 0.15) is 31.2 Å². The van der Waals surface area contributed by atoms with E-state index < -0.39 is 0 Å². The monoisotopic (exact) mass is 396 g/mol. The summed E-state index contributed by atoms with van der Waals surface area (Å²) in [6, 6.07) is 3.68. The molecule has 24 heavy (non-hydrogen) atoms. The highest BCUT2D eigenvalue weighted by molar-refractivity contribution is 6.42. The van der Waals surface area contributed by atoms with Crippen LogP contribution in [0.2, 0.25) is 10.0 Å². The number of piperidine rings is 2. The molecule has 2 aliphatic rings. The zero-order valence-electron chi connectivity index (χ0n) is 14.0. The number of ether oxygens (including phenoxy) is 1. The quantitative estimate of drug-likeness (QED) is 0.714. The first-order valence-electron chi connectivity index (χ1n) is 8.28. The number of aliphatic hydroxyl groups excluding tert-OH is 1. The molecule has 0 saturated carbocycles. The average molecular weight is 398 g/mol. The van der Waals surface area contributed by atoms with Crippen LogP contribution in [0.25, 0.3) is 0 Å². The fourth-order valence-electron chi connectivity index (χ4n) is 2.66. The summed E-state index contributed by atoms with van der Waals surface area (Å²) in [5.74, 6) is 0.848. The van der Waals surface area contributed by atoms with Crippen molar-refractivity contribution in [2.75, 3.05) is 26.2 Å². The van der Waals surface area contributed by atoms with E-state index in [-0.39, 0.29) is 24.6 Å². The summed E-state index contributed by atoms with van der Waals surface area (Å²) >= 11 is 12.0. The van der Waals surface area contributed by atoms with Crippen LogP contribution in [0.15, 0.2) is 12.1 Å². The van der Waals surface area contributed by atoms with Crippen molar-refractivity contribution in [3.8, 4) is 5.75 Å². The fraction of sp³-hybridized carbons (Fsp3) is 0.647. The van der Waals surface area contributed by atoms with Crippen molar-refractivity contribution >= 4 is 35.6 Å². The van der Waals surface area contributed by atoms with E-state index in [1.54, 1.807) is 6.07 Å². The van der Waals surface area contributed by atoms with E-state index in [2.05, 4.69) is 10.6 Å². The van der Waals surface area contributed by atoms with Gasteiger partial charge < -0.3 is 20.5 Å². The van der Waals surface area contributed by atoms with E-state index in [1.807, 2.05) is 13.0 Å². The highest BCUT2D eigenvalue weighted by atomic mass is 35.5. The maximum absolute atomic E-state index is 8.87. The zero-order chi connectivity index (χ0) is 16.7. The molecule has 2 saturated heterocycles. The van der Waals surface area contributed by atoms with Crippen molar-refractivity contribution in [3.05, 3.63) is 27.7 Å². The smallest absolute Gasteiger partial charge is 0.124 e. The van der Waals surface area contributed by atoms with Crippen LogP contribution in [-0.4, -0.2) is 43.5 Å². The second-order valence-electron chi connectivity index (χ2n) is 6.03. The normalized spacial score (nSPS) is 19.0. The van der Waals surface area contributed by atoms with Crippen molar-refractivity contribution in [1.82, 2.24) is 10.6 Å². The van der Waals surface area contributed by atoms with Gasteiger partial charge in [0.05, 0.1) is 16.1 Å². The van der Waals surface area contributed by atoms with E-state index >= 15 is 0 Å². The Bertz CT molecular complexity index is 491. The maximum Gasteiger partial charge on any atom is 0.124 e. The summed E-state index contributed by atoms with van der Waals surface area (Å²) in [4.78, 5) is 0. The molecule has 4 nitrogen and oxygen atoms in total. The first-order valence-corrected chi connectivity index (χ1v) is 9.04. The van der Waals surface area contributed by atoms with Crippen molar-refractivity contribution in [2.45, 2.75) is 44.8 Å². The minimum atomic E-state index is -0.0266. The van der Waals surface area contributed by atoms with Crippen molar-refractivity contribution in [3.63, 3.8) is 0 Å². The van der Waals surface area contributed by atoms with Gasteiger partial charge in [-0.05, 0) is 70.9 Å². The van der Waals surface area contributed by atoms with Gasteiger partial charge in [-0.25, -0.2) is 0 Å². The van der Waals surface area contributed by atoms with Crippen LogP contribution in [0.4, 0.5) is 0 Å². The van der Waals surface area contributed by atoms with E-state index in [4.69, 9.17) is 33.0 Å². The minimum absolute atomic E-state index is 0. The third-order valence-electron chi connectivity index (χ3n) is 4.18. The highest BCUT2D eigenvalue weighted by Crippen LogP contribution is 2.33. The van der Waals surface area contributed by atoms with Gasteiger partial charge in [0, 0.05) is 5.56 Å². The van der Waals surface area contributed by atoms with Gasteiger partial charge in [0.15, 0.2) is 0 Å². The molecule has 0 unspecified atom stereocenters. The van der Waals surface area contributed by atoms with Crippen LogP contribution in [0, 0.1) is 6.92 Å². The number of nitrogens with one attached hydrogen (secondary N) is 2. The van der Waals surface area contributed by atoms with Crippen molar-refractivity contribution in [2.24, 2.45) is 0 Å². The van der Waals surface area contributed by atoms with Gasteiger partial charge in [-0.1, -0.05) is 23.2 Å². The number of halogens is 3. The lowest BCUT2D eigenvalue weighted by atomic mass is 10.1. The van der Waals surface area contributed by atoms with Gasteiger partial charge in [-0.3, -0.25) is 0 Å². The van der Waals surface area contributed by atoms with Crippen LogP contribution in [0.3, 0.4) is 0 Å². The van der Waals surface area contributed by atoms with Crippen LogP contribution >= 0.6 is 35.6 Å². The number of hydrogen-bond acceptors (Lipinski definition) is 4. The molecule has 0 aromatic heterocycles. The molecule has 2 aliphatic heterocycles. The molecule has 0 aliphatic carbocycles. The molecule has 2 fully saturated rings. The van der Waals surface area contributed by atoms with Gasteiger partial charge in [0.25, 0.3) is 0 Å². The topological polar surface area (TPSA) is 53.5 Å². The zero-order valence-corrected chi connectivity index (χ0v) is 16.3. The molecule has 1 aromatic rings. The molecule has 138 valence electrons. The standard InChI is InChI=1S/C12H15Cl2NO.C5H11NO.ClH/c1-8-11(3-2-10(13)12(8)14)16-9-4-6-15-7-5-9;7-5-1-3-6-4-2-5;/h2-3,9,15H,4-7H2,1H3;5-7H,1-4H2;1H. The molecule has 0 atom stereocenters. The lowest BCUT2D eigenvalue weighted by molar-refractivity contribution is 0.137. The number of benzene rings is 1. The predicted octanol–water partition coefficient (Wildman–Crippen LogP) is 3.59. The molecule has 7 heteroatoms. The number of aliphatic hydroxyl groups is 1. The first kappa shape index (κ1) is 21.8. The Morgan fingerprint density at radius 3 is 2.04 bits per heavy atom. The molecule has 3 N–H and O–H groups in total. The SMILES string of the molecule is Cc1c(OC2CCNCC2)ccc(Cl)c1Cl.Cl.OC1CCNCC1. The van der Waals surface area contributed by atoms with E-state index in [9.17, 15) is 0 Å². The largest absolute Gasteiger partial charge is 0.490 e. The number of hydrogen-bond donors (Lipinski definition) is 3. The van der Waals surface area contributed by atoms with Crippen molar-refractivity contribution in [1.29, 1.82) is 0 Å². The molecule has 0 amide bonds. The molecule has 0 spiro atoms. The molecular weight excluding hydrogens is 371 g/mol. The van der Waals surface area contributed by atoms with Gasteiger partial charge in [-0.15, -0.1) is 12.4 Å². The number of rotatable bonds is 2. The Morgan fingerprint density at radius 2 is 1.54 bits per heavy atom. The molecule has 3 rings (SSSR count). The Kier molecular flexibility index (Phi) is 10.4. The fourth-order valence-corrected chi connectivity index (χ4v) is 3.02. The summed E-state index contributed by atoms with van der Waals surface area (Å²) in [6.45, 7) is 5.95. The predicted molar refractivity (Wildman–Crippen MR) is 103 cm³/mol. The summed E-state index contributed by atoms with van der Waals surface area (Å²) in [5.41, 5.74) is 0.924. The molecule has 2 heterocycles. The van der Waals surface area contributed by atoms with Gasteiger partial charge in [0.2, 0.25) is 0 Å². The lowest BCUT2D eigenvalue weighted by Crippen LogP contribution is -2.34. The van der Waals surface area contributed by atoms with Crippen LogP contribution < -0.4 is 15.4 Å². The molecule has 1 aromatic carbocycles. The highest BCUT2D eigenvalue weighted by Gasteiger charge is 2.16. The van der Waals surface area contributed by atoms with Crippen LogP contribution in [-0.2, 0) is 0 Å².